The first-order valence-electron chi connectivity index (χ1n) is 6.30. The first-order valence-corrected chi connectivity index (χ1v) is 6.30. The monoisotopic (exact) mass is 210 g/mol. The van der Waals surface area contributed by atoms with Crippen molar-refractivity contribution >= 4 is 5.91 Å². The topological polar surface area (TPSA) is 32.3 Å². The van der Waals surface area contributed by atoms with Crippen molar-refractivity contribution in [3.05, 3.63) is 0 Å². The molecule has 0 aromatic carbocycles. The lowest BCUT2D eigenvalue weighted by molar-refractivity contribution is -0.135. The molecule has 86 valence electrons. The fourth-order valence-corrected chi connectivity index (χ4v) is 2.30. The van der Waals surface area contributed by atoms with E-state index in [1.807, 2.05) is 0 Å². The largest absolute Gasteiger partial charge is 0.342 e. The fraction of sp³-hybridized carbons (Fsp3) is 0.917. The summed E-state index contributed by atoms with van der Waals surface area (Å²) in [6.07, 6.45) is 4.77. The zero-order valence-electron chi connectivity index (χ0n) is 9.67. The quantitative estimate of drug-likeness (QED) is 0.740. The van der Waals surface area contributed by atoms with E-state index >= 15 is 0 Å². The molecule has 1 amide bonds. The van der Waals surface area contributed by atoms with Gasteiger partial charge in [0.1, 0.15) is 0 Å². The number of nitrogens with one attached hydrogen (secondary N) is 1. The average molecular weight is 210 g/mol. The van der Waals surface area contributed by atoms with Crippen molar-refractivity contribution in [3.8, 4) is 0 Å². The van der Waals surface area contributed by atoms with Gasteiger partial charge in [0.25, 0.3) is 0 Å². The lowest BCUT2D eigenvalue weighted by Gasteiger charge is -2.24. The first kappa shape index (κ1) is 10.9. The lowest BCUT2D eigenvalue weighted by Crippen LogP contribution is -2.38. The Morgan fingerprint density at radius 3 is 2.73 bits per heavy atom. The molecule has 2 rings (SSSR count). The number of carbonyl (C=O) groups is 1. The summed E-state index contributed by atoms with van der Waals surface area (Å²) in [6, 6.07) is 0. The van der Waals surface area contributed by atoms with Gasteiger partial charge >= 0.3 is 0 Å². The van der Waals surface area contributed by atoms with E-state index in [9.17, 15) is 4.79 Å². The molecule has 0 spiro atoms. The molecule has 2 aliphatic rings. The second-order valence-corrected chi connectivity index (χ2v) is 4.92. The molecule has 1 saturated heterocycles. The molecule has 0 aromatic rings. The van der Waals surface area contributed by atoms with E-state index in [1.54, 1.807) is 0 Å². The summed E-state index contributed by atoms with van der Waals surface area (Å²) in [5.41, 5.74) is 0. The van der Waals surface area contributed by atoms with Gasteiger partial charge in [-0.3, -0.25) is 4.79 Å². The van der Waals surface area contributed by atoms with Gasteiger partial charge in [-0.05, 0) is 38.1 Å². The molecule has 3 nitrogen and oxygen atoms in total. The number of hydrogen-bond donors (Lipinski definition) is 1. The third kappa shape index (κ3) is 2.94. The number of rotatable bonds is 5. The van der Waals surface area contributed by atoms with E-state index in [2.05, 4.69) is 17.1 Å². The van der Waals surface area contributed by atoms with E-state index in [1.165, 1.54) is 12.8 Å². The predicted molar refractivity (Wildman–Crippen MR) is 60.6 cm³/mol. The van der Waals surface area contributed by atoms with Crippen molar-refractivity contribution in [2.24, 2.45) is 11.8 Å². The normalized spacial score (nSPS) is 25.5. The van der Waals surface area contributed by atoms with Gasteiger partial charge in [0.2, 0.25) is 5.91 Å². The Kier molecular flexibility index (Phi) is 3.62. The third-order valence-electron chi connectivity index (χ3n) is 3.39. The molecule has 3 heteroatoms. The number of carbonyl (C=O) groups excluding carboxylic acids is 1. The second-order valence-electron chi connectivity index (χ2n) is 4.92. The summed E-state index contributed by atoms with van der Waals surface area (Å²) in [6.45, 7) is 6.03. The number of nitrogens with zero attached hydrogens (tertiary/aromatic N) is 1. The number of hydrogen-bond acceptors (Lipinski definition) is 2. The standard InChI is InChI=1S/C12H22N2O/c1-2-7-14(9-10-3-4-10)12(15)11-5-6-13-8-11/h10-11,13H,2-9H2,1H3/t11-/m0/s1. The van der Waals surface area contributed by atoms with Crippen molar-refractivity contribution in [3.63, 3.8) is 0 Å². The molecule has 1 atom stereocenters. The SMILES string of the molecule is CCCN(CC1CC1)C(=O)[C@H]1CCNC1. The third-order valence-corrected chi connectivity index (χ3v) is 3.39. The molecule has 1 aliphatic carbocycles. The molecule has 1 heterocycles. The van der Waals surface area contributed by atoms with E-state index in [4.69, 9.17) is 0 Å². The summed E-state index contributed by atoms with van der Waals surface area (Å²) in [5, 5.41) is 3.27. The summed E-state index contributed by atoms with van der Waals surface area (Å²) in [7, 11) is 0. The summed E-state index contributed by atoms with van der Waals surface area (Å²) >= 11 is 0. The van der Waals surface area contributed by atoms with Gasteiger partial charge in [-0.25, -0.2) is 0 Å². The summed E-state index contributed by atoms with van der Waals surface area (Å²) in [5.74, 6) is 1.47. The summed E-state index contributed by atoms with van der Waals surface area (Å²) in [4.78, 5) is 14.3. The molecule has 0 radical (unpaired) electrons. The minimum absolute atomic E-state index is 0.260. The molecule has 2 fully saturated rings. The zero-order chi connectivity index (χ0) is 10.7. The van der Waals surface area contributed by atoms with Crippen LogP contribution < -0.4 is 5.32 Å². The molecule has 0 bridgehead atoms. The highest BCUT2D eigenvalue weighted by atomic mass is 16.2. The van der Waals surface area contributed by atoms with Gasteiger partial charge in [0.05, 0.1) is 5.92 Å². The molecule has 0 unspecified atom stereocenters. The Labute approximate surface area is 92.2 Å². The molecule has 15 heavy (non-hydrogen) atoms. The van der Waals surface area contributed by atoms with Crippen LogP contribution in [0.2, 0.25) is 0 Å². The highest BCUT2D eigenvalue weighted by Gasteiger charge is 2.31. The van der Waals surface area contributed by atoms with E-state index in [-0.39, 0.29) is 5.92 Å². The highest BCUT2D eigenvalue weighted by Crippen LogP contribution is 2.30. The van der Waals surface area contributed by atoms with Crippen molar-refractivity contribution in [1.82, 2.24) is 10.2 Å². The van der Waals surface area contributed by atoms with Gasteiger partial charge < -0.3 is 10.2 Å². The Hall–Kier alpha value is -0.570. The average Bonchev–Trinajstić information content (AvgIpc) is 2.88. The van der Waals surface area contributed by atoms with Crippen molar-refractivity contribution in [2.45, 2.75) is 32.6 Å². The second kappa shape index (κ2) is 4.97. The lowest BCUT2D eigenvalue weighted by atomic mass is 10.1. The fourth-order valence-electron chi connectivity index (χ4n) is 2.30. The van der Waals surface area contributed by atoms with Crippen LogP contribution in [0.25, 0.3) is 0 Å². The van der Waals surface area contributed by atoms with Gasteiger partial charge in [0.15, 0.2) is 0 Å². The molecule has 1 saturated carbocycles. The smallest absolute Gasteiger partial charge is 0.227 e. The Morgan fingerprint density at radius 2 is 2.20 bits per heavy atom. The Morgan fingerprint density at radius 1 is 1.40 bits per heavy atom. The first-order chi connectivity index (χ1) is 7.31. The van der Waals surface area contributed by atoms with E-state index in [0.717, 1.165) is 44.9 Å². The van der Waals surface area contributed by atoms with E-state index < -0.39 is 0 Å². The molecule has 0 aromatic heterocycles. The van der Waals surface area contributed by atoms with Crippen molar-refractivity contribution in [2.75, 3.05) is 26.2 Å². The van der Waals surface area contributed by atoms with Crippen LogP contribution in [-0.2, 0) is 4.79 Å². The Balaban J connectivity index is 1.86. The maximum Gasteiger partial charge on any atom is 0.227 e. The molecule has 1 N–H and O–H groups in total. The van der Waals surface area contributed by atoms with Crippen LogP contribution in [0.3, 0.4) is 0 Å². The predicted octanol–water partition coefficient (Wildman–Crippen LogP) is 1.24. The molecule has 1 aliphatic heterocycles. The molecular weight excluding hydrogens is 188 g/mol. The van der Waals surface area contributed by atoms with Crippen LogP contribution in [0.5, 0.6) is 0 Å². The van der Waals surface area contributed by atoms with E-state index in [0.29, 0.717) is 5.91 Å². The minimum Gasteiger partial charge on any atom is -0.342 e. The summed E-state index contributed by atoms with van der Waals surface area (Å²) < 4.78 is 0. The van der Waals surface area contributed by atoms with Crippen LogP contribution in [0.4, 0.5) is 0 Å². The van der Waals surface area contributed by atoms with Crippen LogP contribution in [0.15, 0.2) is 0 Å². The van der Waals surface area contributed by atoms with Crippen molar-refractivity contribution < 1.29 is 4.79 Å². The Bertz CT molecular complexity index is 220. The van der Waals surface area contributed by atoms with Gasteiger partial charge in [0, 0.05) is 19.6 Å². The highest BCUT2D eigenvalue weighted by molar-refractivity contribution is 5.79. The van der Waals surface area contributed by atoms with Crippen LogP contribution in [-0.4, -0.2) is 37.0 Å². The van der Waals surface area contributed by atoms with Gasteiger partial charge in [-0.2, -0.15) is 0 Å². The van der Waals surface area contributed by atoms with Crippen LogP contribution in [0.1, 0.15) is 32.6 Å². The maximum atomic E-state index is 12.2. The van der Waals surface area contributed by atoms with Crippen molar-refractivity contribution in [1.29, 1.82) is 0 Å². The minimum atomic E-state index is 0.260. The number of amides is 1. The molecular formula is C12H22N2O. The van der Waals surface area contributed by atoms with Gasteiger partial charge in [-0.1, -0.05) is 6.92 Å². The van der Waals surface area contributed by atoms with Gasteiger partial charge in [-0.15, -0.1) is 0 Å². The maximum absolute atomic E-state index is 12.2. The zero-order valence-corrected chi connectivity index (χ0v) is 9.67. The van der Waals surface area contributed by atoms with Crippen LogP contribution >= 0.6 is 0 Å². The van der Waals surface area contributed by atoms with Crippen LogP contribution in [0, 0.1) is 11.8 Å².